The van der Waals surface area contributed by atoms with Crippen LogP contribution in [0.2, 0.25) is 5.15 Å². The highest BCUT2D eigenvalue weighted by Crippen LogP contribution is 2.26. The van der Waals surface area contributed by atoms with Crippen molar-refractivity contribution in [1.82, 2.24) is 9.97 Å². The first kappa shape index (κ1) is 12.6. The van der Waals surface area contributed by atoms with Crippen molar-refractivity contribution in [3.05, 3.63) is 17.5 Å². The Morgan fingerprint density at radius 1 is 1.53 bits per heavy atom. The molecule has 2 atom stereocenters. The molecule has 1 saturated heterocycles. The van der Waals surface area contributed by atoms with Gasteiger partial charge in [0, 0.05) is 19.1 Å². The highest BCUT2D eigenvalue weighted by atomic mass is 35.5. The molecule has 1 N–H and O–H groups in total. The Hall–Kier alpha value is -0.870. The van der Waals surface area contributed by atoms with Crippen LogP contribution in [0.4, 0.5) is 5.82 Å². The standard InChI is InChI=1S/C12H18ClN3O/c1-8(2)12-9(3-4-17-12)5-15-11-7-14-6-10(13)16-11/h6-9,12H,3-5H2,1-2H3,(H,15,16)/t9-,12+/m0/s1. The maximum absolute atomic E-state index is 5.78. The van der Waals surface area contributed by atoms with E-state index in [1.807, 2.05) is 0 Å². The number of rotatable bonds is 4. The van der Waals surface area contributed by atoms with E-state index in [1.54, 1.807) is 6.20 Å². The summed E-state index contributed by atoms with van der Waals surface area (Å²) in [6.07, 6.45) is 4.66. The number of halogens is 1. The van der Waals surface area contributed by atoms with Gasteiger partial charge in [0.2, 0.25) is 0 Å². The third-order valence-electron chi connectivity index (χ3n) is 3.07. The molecule has 0 spiro atoms. The molecule has 0 bridgehead atoms. The van der Waals surface area contributed by atoms with Gasteiger partial charge in [-0.05, 0) is 12.3 Å². The summed E-state index contributed by atoms with van der Waals surface area (Å²) in [6.45, 7) is 6.11. The molecule has 2 rings (SSSR count). The van der Waals surface area contributed by atoms with Crippen molar-refractivity contribution in [3.8, 4) is 0 Å². The first-order valence-electron chi connectivity index (χ1n) is 6.00. The molecule has 94 valence electrons. The molecule has 17 heavy (non-hydrogen) atoms. The summed E-state index contributed by atoms with van der Waals surface area (Å²) in [7, 11) is 0. The van der Waals surface area contributed by atoms with Gasteiger partial charge in [0.15, 0.2) is 0 Å². The third-order valence-corrected chi connectivity index (χ3v) is 3.25. The van der Waals surface area contributed by atoms with Crippen LogP contribution in [0.1, 0.15) is 20.3 Å². The van der Waals surface area contributed by atoms with Crippen molar-refractivity contribution in [2.75, 3.05) is 18.5 Å². The smallest absolute Gasteiger partial charge is 0.149 e. The van der Waals surface area contributed by atoms with Crippen LogP contribution in [-0.2, 0) is 4.74 Å². The van der Waals surface area contributed by atoms with Gasteiger partial charge in [-0.2, -0.15) is 0 Å². The largest absolute Gasteiger partial charge is 0.378 e. The molecule has 0 unspecified atom stereocenters. The lowest BCUT2D eigenvalue weighted by molar-refractivity contribution is 0.0566. The summed E-state index contributed by atoms with van der Waals surface area (Å²) < 4.78 is 5.74. The van der Waals surface area contributed by atoms with E-state index >= 15 is 0 Å². The summed E-state index contributed by atoms with van der Waals surface area (Å²) in [5.41, 5.74) is 0. The van der Waals surface area contributed by atoms with Crippen LogP contribution >= 0.6 is 11.6 Å². The van der Waals surface area contributed by atoms with Gasteiger partial charge in [-0.3, -0.25) is 4.98 Å². The zero-order valence-corrected chi connectivity index (χ0v) is 10.9. The van der Waals surface area contributed by atoms with Gasteiger partial charge in [-0.1, -0.05) is 25.4 Å². The van der Waals surface area contributed by atoms with Gasteiger partial charge in [-0.25, -0.2) is 4.98 Å². The molecular formula is C12H18ClN3O. The Morgan fingerprint density at radius 2 is 2.35 bits per heavy atom. The van der Waals surface area contributed by atoms with Crippen LogP contribution in [0.25, 0.3) is 0 Å². The molecule has 0 saturated carbocycles. The molecule has 5 heteroatoms. The molecule has 1 aliphatic heterocycles. The van der Waals surface area contributed by atoms with Crippen LogP contribution in [0.3, 0.4) is 0 Å². The minimum atomic E-state index is 0.342. The minimum absolute atomic E-state index is 0.342. The number of aromatic nitrogens is 2. The molecule has 1 aromatic rings. The van der Waals surface area contributed by atoms with Crippen molar-refractivity contribution < 1.29 is 4.74 Å². The van der Waals surface area contributed by atoms with E-state index in [-0.39, 0.29) is 0 Å². The monoisotopic (exact) mass is 255 g/mol. The average molecular weight is 256 g/mol. The molecule has 0 aromatic carbocycles. The summed E-state index contributed by atoms with van der Waals surface area (Å²) in [5.74, 6) is 1.82. The van der Waals surface area contributed by atoms with E-state index in [0.717, 1.165) is 25.4 Å². The lowest BCUT2D eigenvalue weighted by Gasteiger charge is -2.22. The Labute approximate surface area is 107 Å². The van der Waals surface area contributed by atoms with Gasteiger partial charge in [0.1, 0.15) is 11.0 Å². The van der Waals surface area contributed by atoms with E-state index < -0.39 is 0 Å². The zero-order valence-electron chi connectivity index (χ0n) is 10.2. The van der Waals surface area contributed by atoms with E-state index in [2.05, 4.69) is 29.1 Å². The van der Waals surface area contributed by atoms with E-state index in [0.29, 0.717) is 23.1 Å². The van der Waals surface area contributed by atoms with Crippen LogP contribution < -0.4 is 5.32 Å². The fraction of sp³-hybridized carbons (Fsp3) is 0.667. The van der Waals surface area contributed by atoms with Crippen molar-refractivity contribution in [2.45, 2.75) is 26.4 Å². The fourth-order valence-corrected chi connectivity index (χ4v) is 2.42. The van der Waals surface area contributed by atoms with Gasteiger partial charge >= 0.3 is 0 Å². The molecule has 1 fully saturated rings. The van der Waals surface area contributed by atoms with Crippen molar-refractivity contribution in [1.29, 1.82) is 0 Å². The Bertz CT molecular complexity index is 373. The summed E-state index contributed by atoms with van der Waals surface area (Å²) in [5, 5.41) is 3.69. The Morgan fingerprint density at radius 3 is 3.06 bits per heavy atom. The molecule has 1 aromatic heterocycles. The first-order chi connectivity index (χ1) is 8.16. The van der Waals surface area contributed by atoms with Gasteiger partial charge < -0.3 is 10.1 Å². The maximum atomic E-state index is 5.78. The number of anilines is 1. The van der Waals surface area contributed by atoms with Crippen LogP contribution in [0, 0.1) is 11.8 Å². The third kappa shape index (κ3) is 3.30. The lowest BCUT2D eigenvalue weighted by atomic mass is 9.93. The zero-order chi connectivity index (χ0) is 12.3. The van der Waals surface area contributed by atoms with Crippen molar-refractivity contribution in [2.24, 2.45) is 11.8 Å². The number of ether oxygens (including phenoxy) is 1. The second kappa shape index (κ2) is 5.65. The molecular weight excluding hydrogens is 238 g/mol. The SMILES string of the molecule is CC(C)[C@H]1OCC[C@H]1CNc1cncc(Cl)n1. The normalized spacial score (nSPS) is 24.2. The molecule has 0 amide bonds. The predicted octanol–water partition coefficient (Wildman–Crippen LogP) is 2.60. The Kier molecular flexibility index (Phi) is 4.18. The van der Waals surface area contributed by atoms with Crippen molar-refractivity contribution >= 4 is 17.4 Å². The average Bonchev–Trinajstić information content (AvgIpc) is 2.74. The van der Waals surface area contributed by atoms with Gasteiger partial charge in [0.05, 0.1) is 18.5 Å². The number of hydrogen-bond acceptors (Lipinski definition) is 4. The molecule has 2 heterocycles. The summed E-state index contributed by atoms with van der Waals surface area (Å²) in [6, 6.07) is 0. The highest BCUT2D eigenvalue weighted by Gasteiger charge is 2.30. The van der Waals surface area contributed by atoms with Crippen LogP contribution in [0.15, 0.2) is 12.4 Å². The number of nitrogens with one attached hydrogen (secondary N) is 1. The quantitative estimate of drug-likeness (QED) is 0.899. The van der Waals surface area contributed by atoms with E-state index in [1.165, 1.54) is 6.20 Å². The van der Waals surface area contributed by atoms with E-state index in [9.17, 15) is 0 Å². The second-order valence-corrected chi connectivity index (χ2v) is 5.12. The Balaban J connectivity index is 1.89. The molecule has 0 aliphatic carbocycles. The van der Waals surface area contributed by atoms with Gasteiger partial charge in [-0.15, -0.1) is 0 Å². The lowest BCUT2D eigenvalue weighted by Crippen LogP contribution is -2.28. The first-order valence-corrected chi connectivity index (χ1v) is 6.37. The molecule has 4 nitrogen and oxygen atoms in total. The van der Waals surface area contributed by atoms with Crippen molar-refractivity contribution in [3.63, 3.8) is 0 Å². The molecule has 0 radical (unpaired) electrons. The highest BCUT2D eigenvalue weighted by molar-refractivity contribution is 6.29. The summed E-state index contributed by atoms with van der Waals surface area (Å²) in [4.78, 5) is 8.15. The van der Waals surface area contributed by atoms with Gasteiger partial charge in [0.25, 0.3) is 0 Å². The topological polar surface area (TPSA) is 47.0 Å². The number of nitrogens with zero attached hydrogens (tertiary/aromatic N) is 2. The predicted molar refractivity (Wildman–Crippen MR) is 68.2 cm³/mol. The van der Waals surface area contributed by atoms with E-state index in [4.69, 9.17) is 16.3 Å². The van der Waals surface area contributed by atoms with Crippen LogP contribution in [-0.4, -0.2) is 29.2 Å². The number of hydrogen-bond donors (Lipinski definition) is 1. The second-order valence-electron chi connectivity index (χ2n) is 4.74. The minimum Gasteiger partial charge on any atom is -0.378 e. The van der Waals surface area contributed by atoms with Crippen LogP contribution in [0.5, 0.6) is 0 Å². The summed E-state index contributed by atoms with van der Waals surface area (Å²) >= 11 is 5.78. The molecule has 1 aliphatic rings. The maximum Gasteiger partial charge on any atom is 0.149 e. The fourth-order valence-electron chi connectivity index (χ4n) is 2.27.